The first-order valence-corrected chi connectivity index (χ1v) is 16.0. The number of anilines is 4. The van der Waals surface area contributed by atoms with Crippen molar-refractivity contribution in [3.05, 3.63) is 42.7 Å². The van der Waals surface area contributed by atoms with Gasteiger partial charge in [-0.25, -0.2) is 9.97 Å². The van der Waals surface area contributed by atoms with Crippen LogP contribution in [0.1, 0.15) is 53.4 Å². The molecule has 1 aromatic heterocycles. The Balaban J connectivity index is 0.00000312. The minimum Gasteiger partial charge on any atom is -0.494 e. The summed E-state index contributed by atoms with van der Waals surface area (Å²) in [5.41, 5.74) is 2.62. The summed E-state index contributed by atoms with van der Waals surface area (Å²) in [5, 5.41) is 12.9. The number of carbonyl (C=O) groups is 3. The molecule has 0 spiro atoms. The van der Waals surface area contributed by atoms with Crippen LogP contribution in [0.5, 0.6) is 5.75 Å². The minimum atomic E-state index is -0.797. The smallest absolute Gasteiger partial charge is 0.247 e. The predicted octanol–water partition coefficient (Wildman–Crippen LogP) is 4.89. The maximum Gasteiger partial charge on any atom is 0.247 e. The molecule has 12 nitrogen and oxygen atoms in total. The van der Waals surface area contributed by atoms with Gasteiger partial charge in [-0.2, -0.15) is 0 Å². The third-order valence-corrected chi connectivity index (χ3v) is 8.88. The molecule has 2 aliphatic rings. The van der Waals surface area contributed by atoms with E-state index >= 15 is 0 Å². The SMILES string of the molecule is CNC(C)C(=O)NC(C(=O)N1CCCC1C(=O)Nc1cc2c(Nc3ccc(N4CCCC4)cc3)ncnc2cc1OC)C(C)(C)C.Cl.Cl. The summed E-state index contributed by atoms with van der Waals surface area (Å²) < 4.78 is 5.64. The largest absolute Gasteiger partial charge is 0.494 e. The molecule has 2 saturated heterocycles. The first kappa shape index (κ1) is 38.6. The normalized spacial score (nSPS) is 17.2. The molecule has 14 heteroatoms. The number of fused-ring (bicyclic) bond motifs is 1. The standard InChI is InChI=1S/C34H46N8O4.2ClH/c1-21(35-5)31(43)40-29(34(2,3)4)33(45)42-17-9-10-27(42)32(44)39-26-18-24-25(19-28(26)46-6)36-20-37-30(24)38-22-11-13-23(14-12-22)41-15-7-8-16-41;;/h11-14,18-21,27,29,35H,7-10,15-17H2,1-6H3,(H,39,44)(H,40,43)(H,36,37,38);2*1H. The molecule has 3 heterocycles. The molecule has 3 unspecified atom stereocenters. The minimum absolute atomic E-state index is 0. The van der Waals surface area contributed by atoms with Crippen LogP contribution in [-0.2, 0) is 14.4 Å². The first-order chi connectivity index (χ1) is 22.0. The second-order valence-electron chi connectivity index (χ2n) is 13.2. The Morgan fingerprint density at radius 1 is 0.979 bits per heavy atom. The van der Waals surface area contributed by atoms with Gasteiger partial charge in [-0.3, -0.25) is 14.4 Å². The van der Waals surface area contributed by atoms with Gasteiger partial charge in [0.15, 0.2) is 0 Å². The predicted molar refractivity (Wildman–Crippen MR) is 195 cm³/mol. The Labute approximate surface area is 295 Å². The van der Waals surface area contributed by atoms with Crippen molar-refractivity contribution in [2.45, 2.75) is 71.5 Å². The van der Waals surface area contributed by atoms with Gasteiger partial charge in [0.05, 0.1) is 24.4 Å². The van der Waals surface area contributed by atoms with Crippen molar-refractivity contribution in [3.8, 4) is 5.75 Å². The molecule has 3 atom stereocenters. The number of likely N-dealkylation sites (tertiary alicyclic amines) is 1. The van der Waals surface area contributed by atoms with Crippen molar-refractivity contribution in [1.29, 1.82) is 0 Å². The van der Waals surface area contributed by atoms with E-state index in [1.54, 1.807) is 31.0 Å². The van der Waals surface area contributed by atoms with Crippen LogP contribution in [0.15, 0.2) is 42.7 Å². The molecule has 3 amide bonds. The lowest BCUT2D eigenvalue weighted by Gasteiger charge is -2.36. The van der Waals surface area contributed by atoms with Crippen LogP contribution in [0.25, 0.3) is 10.9 Å². The number of carbonyl (C=O) groups excluding carboxylic acids is 3. The van der Waals surface area contributed by atoms with Gasteiger partial charge < -0.3 is 35.8 Å². The summed E-state index contributed by atoms with van der Waals surface area (Å²) in [6.07, 6.45) is 5.11. The molecular formula is C34H48Cl2N8O4. The van der Waals surface area contributed by atoms with E-state index in [0.29, 0.717) is 47.5 Å². The van der Waals surface area contributed by atoms with E-state index < -0.39 is 23.5 Å². The molecule has 5 rings (SSSR count). The van der Waals surface area contributed by atoms with E-state index in [2.05, 4.69) is 48.3 Å². The first-order valence-electron chi connectivity index (χ1n) is 16.0. The summed E-state index contributed by atoms with van der Waals surface area (Å²) in [6, 6.07) is 9.89. The molecule has 0 aliphatic carbocycles. The fraction of sp³-hybridized carbons (Fsp3) is 0.500. The molecular weight excluding hydrogens is 655 g/mol. The van der Waals surface area contributed by atoms with Crippen molar-refractivity contribution in [2.24, 2.45) is 5.41 Å². The van der Waals surface area contributed by atoms with Gasteiger partial charge in [0.25, 0.3) is 0 Å². The van der Waals surface area contributed by atoms with E-state index in [4.69, 9.17) is 4.74 Å². The number of benzene rings is 2. The van der Waals surface area contributed by atoms with Gasteiger partial charge in [0.2, 0.25) is 17.7 Å². The van der Waals surface area contributed by atoms with Crippen molar-refractivity contribution >= 4 is 76.3 Å². The monoisotopic (exact) mass is 702 g/mol. The molecule has 2 aliphatic heterocycles. The van der Waals surface area contributed by atoms with Crippen LogP contribution in [0.4, 0.5) is 22.9 Å². The molecule has 0 radical (unpaired) electrons. The molecule has 2 aromatic carbocycles. The zero-order valence-corrected chi connectivity index (χ0v) is 30.1. The number of nitrogens with zero attached hydrogens (tertiary/aromatic N) is 4. The highest BCUT2D eigenvalue weighted by atomic mass is 35.5. The number of halogens is 2. The van der Waals surface area contributed by atoms with E-state index in [1.807, 2.05) is 32.9 Å². The van der Waals surface area contributed by atoms with Crippen molar-refractivity contribution in [3.63, 3.8) is 0 Å². The maximum absolute atomic E-state index is 13.9. The average molecular weight is 704 g/mol. The number of aromatic nitrogens is 2. The molecule has 0 saturated carbocycles. The maximum atomic E-state index is 13.9. The van der Waals surface area contributed by atoms with Crippen LogP contribution in [-0.4, -0.2) is 84.5 Å². The van der Waals surface area contributed by atoms with Crippen LogP contribution in [0.2, 0.25) is 0 Å². The van der Waals surface area contributed by atoms with Crippen molar-refractivity contribution in [1.82, 2.24) is 25.5 Å². The van der Waals surface area contributed by atoms with E-state index in [1.165, 1.54) is 32.0 Å². The fourth-order valence-corrected chi connectivity index (χ4v) is 6.05. The lowest BCUT2D eigenvalue weighted by atomic mass is 9.85. The number of hydrogen-bond donors (Lipinski definition) is 4. The molecule has 262 valence electrons. The Morgan fingerprint density at radius 2 is 1.67 bits per heavy atom. The number of likely N-dealkylation sites (N-methyl/N-ethyl adjacent to an activating group) is 1. The summed E-state index contributed by atoms with van der Waals surface area (Å²) in [4.78, 5) is 53.3. The van der Waals surface area contributed by atoms with Gasteiger partial charge in [-0.1, -0.05) is 20.8 Å². The Morgan fingerprint density at radius 3 is 2.29 bits per heavy atom. The number of ether oxygens (including phenoxy) is 1. The van der Waals surface area contributed by atoms with Gasteiger partial charge in [-0.05, 0) is 75.4 Å². The van der Waals surface area contributed by atoms with Gasteiger partial charge in [0, 0.05) is 42.5 Å². The van der Waals surface area contributed by atoms with E-state index in [9.17, 15) is 14.4 Å². The second-order valence-corrected chi connectivity index (χ2v) is 13.2. The lowest BCUT2D eigenvalue weighted by Crippen LogP contribution is -2.59. The Kier molecular flexibility index (Phi) is 13.3. The van der Waals surface area contributed by atoms with Crippen molar-refractivity contribution < 1.29 is 19.1 Å². The van der Waals surface area contributed by atoms with Crippen LogP contribution < -0.4 is 30.9 Å². The van der Waals surface area contributed by atoms with Crippen LogP contribution in [0, 0.1) is 5.41 Å². The summed E-state index contributed by atoms with van der Waals surface area (Å²) in [6.45, 7) is 10.0. The Hall–Kier alpha value is -3.87. The number of hydrogen-bond acceptors (Lipinski definition) is 9. The zero-order valence-electron chi connectivity index (χ0n) is 28.5. The van der Waals surface area contributed by atoms with E-state index in [-0.39, 0.29) is 42.5 Å². The van der Waals surface area contributed by atoms with E-state index in [0.717, 1.165) is 18.8 Å². The molecule has 4 N–H and O–H groups in total. The van der Waals surface area contributed by atoms with Gasteiger partial charge >= 0.3 is 0 Å². The highest BCUT2D eigenvalue weighted by molar-refractivity contribution is 6.03. The summed E-state index contributed by atoms with van der Waals surface area (Å²) in [7, 11) is 3.23. The summed E-state index contributed by atoms with van der Waals surface area (Å²) >= 11 is 0. The topological polar surface area (TPSA) is 141 Å². The third-order valence-electron chi connectivity index (χ3n) is 8.88. The second kappa shape index (κ2) is 16.5. The quantitative estimate of drug-likeness (QED) is 0.232. The highest BCUT2D eigenvalue weighted by Gasteiger charge is 2.42. The van der Waals surface area contributed by atoms with Crippen LogP contribution >= 0.6 is 24.8 Å². The number of nitrogens with one attached hydrogen (secondary N) is 4. The van der Waals surface area contributed by atoms with Crippen molar-refractivity contribution in [2.75, 3.05) is 49.3 Å². The molecule has 2 fully saturated rings. The average Bonchev–Trinajstić information content (AvgIpc) is 3.76. The van der Waals surface area contributed by atoms with Gasteiger partial charge in [0.1, 0.15) is 30.0 Å². The lowest BCUT2D eigenvalue weighted by molar-refractivity contribution is -0.143. The molecule has 3 aromatic rings. The van der Waals surface area contributed by atoms with Crippen LogP contribution in [0.3, 0.4) is 0 Å². The zero-order chi connectivity index (χ0) is 33.0. The number of rotatable bonds is 10. The highest BCUT2D eigenvalue weighted by Crippen LogP contribution is 2.34. The Bertz CT molecular complexity index is 1580. The molecule has 0 bridgehead atoms. The number of methoxy groups -OCH3 is 1. The van der Waals surface area contributed by atoms with Gasteiger partial charge in [-0.15, -0.1) is 24.8 Å². The molecule has 48 heavy (non-hydrogen) atoms. The summed E-state index contributed by atoms with van der Waals surface area (Å²) in [5.74, 6) is 0.162. The number of amides is 3. The third kappa shape index (κ3) is 8.58. The fourth-order valence-electron chi connectivity index (χ4n) is 6.05.